The maximum absolute atomic E-state index is 2.37. The maximum atomic E-state index is 2.37. The fraction of sp³-hybridized carbons (Fsp3) is 0.308. The lowest BCUT2D eigenvalue weighted by atomic mass is 9.91. The molecule has 3 aromatic rings. The van der Waals surface area contributed by atoms with Crippen molar-refractivity contribution in [2.24, 2.45) is 0 Å². The third kappa shape index (κ3) is 4.85. The molecule has 0 heteroatoms. The molecule has 0 spiro atoms. The standard InChI is InChI=1S/C26H30/c1-19-8-12-25(13-9-19)21(3)10-14-26-15-11-24(17-22(26)4)18-23-7-5-6-20(2)16-23/h5-9,11-13,15-17,21H,10,14,18H2,1-4H3. The molecule has 3 aromatic carbocycles. The Bertz CT molecular complexity index is 855. The van der Waals surface area contributed by atoms with Crippen molar-refractivity contribution in [1.82, 2.24) is 0 Å². The van der Waals surface area contributed by atoms with Gasteiger partial charge in [0.1, 0.15) is 0 Å². The highest BCUT2D eigenvalue weighted by molar-refractivity contribution is 5.35. The SMILES string of the molecule is Cc1ccc(C(C)CCc2ccc(Cc3cccc(C)c3)cc2C)cc1. The molecule has 3 rings (SSSR count). The highest BCUT2D eigenvalue weighted by Crippen LogP contribution is 2.23. The molecule has 0 heterocycles. The van der Waals surface area contributed by atoms with Crippen molar-refractivity contribution in [3.63, 3.8) is 0 Å². The van der Waals surface area contributed by atoms with E-state index >= 15 is 0 Å². The Morgan fingerprint density at radius 2 is 1.46 bits per heavy atom. The summed E-state index contributed by atoms with van der Waals surface area (Å²) >= 11 is 0. The minimum atomic E-state index is 0.599. The van der Waals surface area contributed by atoms with Crippen LogP contribution in [-0.2, 0) is 12.8 Å². The minimum absolute atomic E-state index is 0.599. The van der Waals surface area contributed by atoms with E-state index in [4.69, 9.17) is 0 Å². The maximum Gasteiger partial charge on any atom is -0.00256 e. The van der Waals surface area contributed by atoms with E-state index in [0.717, 1.165) is 12.8 Å². The van der Waals surface area contributed by atoms with Crippen molar-refractivity contribution in [1.29, 1.82) is 0 Å². The zero-order valence-corrected chi connectivity index (χ0v) is 16.5. The molecule has 0 bridgehead atoms. The minimum Gasteiger partial charge on any atom is -0.0617 e. The molecule has 0 amide bonds. The zero-order valence-electron chi connectivity index (χ0n) is 16.5. The van der Waals surface area contributed by atoms with Crippen molar-refractivity contribution >= 4 is 0 Å². The average Bonchev–Trinajstić information content (AvgIpc) is 2.61. The largest absolute Gasteiger partial charge is 0.0617 e. The van der Waals surface area contributed by atoms with Crippen LogP contribution < -0.4 is 0 Å². The van der Waals surface area contributed by atoms with Crippen LogP contribution in [0.15, 0.2) is 66.7 Å². The van der Waals surface area contributed by atoms with E-state index in [-0.39, 0.29) is 0 Å². The first-order chi connectivity index (χ1) is 12.5. The molecule has 0 aliphatic heterocycles. The molecule has 0 nitrogen and oxygen atoms in total. The summed E-state index contributed by atoms with van der Waals surface area (Å²) < 4.78 is 0. The summed E-state index contributed by atoms with van der Waals surface area (Å²) in [6.07, 6.45) is 3.36. The molecule has 1 unspecified atom stereocenters. The Kier molecular flexibility index (Phi) is 5.93. The topological polar surface area (TPSA) is 0 Å². The molecule has 0 aliphatic rings. The molecule has 134 valence electrons. The molecule has 0 N–H and O–H groups in total. The number of rotatable bonds is 6. The molecule has 0 fully saturated rings. The van der Waals surface area contributed by atoms with Gasteiger partial charge in [-0.25, -0.2) is 0 Å². The highest BCUT2D eigenvalue weighted by atomic mass is 14.1. The van der Waals surface area contributed by atoms with Crippen molar-refractivity contribution < 1.29 is 0 Å². The highest BCUT2D eigenvalue weighted by Gasteiger charge is 2.08. The third-order valence-corrected chi connectivity index (χ3v) is 5.39. The fourth-order valence-electron chi connectivity index (χ4n) is 3.64. The van der Waals surface area contributed by atoms with Gasteiger partial charge in [0, 0.05) is 0 Å². The van der Waals surface area contributed by atoms with Gasteiger partial charge in [0.25, 0.3) is 0 Å². The zero-order chi connectivity index (χ0) is 18.5. The lowest BCUT2D eigenvalue weighted by Gasteiger charge is -2.14. The van der Waals surface area contributed by atoms with Crippen LogP contribution in [-0.4, -0.2) is 0 Å². The number of benzene rings is 3. The summed E-state index contributed by atoms with van der Waals surface area (Å²) in [5.74, 6) is 0.599. The van der Waals surface area contributed by atoms with Gasteiger partial charge < -0.3 is 0 Å². The van der Waals surface area contributed by atoms with Gasteiger partial charge in [-0.2, -0.15) is 0 Å². The summed E-state index contributed by atoms with van der Waals surface area (Å²) in [4.78, 5) is 0. The van der Waals surface area contributed by atoms with E-state index in [1.807, 2.05) is 0 Å². The number of aryl methyl sites for hydroxylation is 4. The first-order valence-electron chi connectivity index (χ1n) is 9.72. The van der Waals surface area contributed by atoms with E-state index in [0.29, 0.717) is 5.92 Å². The molecular weight excluding hydrogens is 312 g/mol. The van der Waals surface area contributed by atoms with E-state index < -0.39 is 0 Å². The Hall–Kier alpha value is -2.34. The first-order valence-corrected chi connectivity index (χ1v) is 9.72. The van der Waals surface area contributed by atoms with E-state index in [9.17, 15) is 0 Å². The van der Waals surface area contributed by atoms with Gasteiger partial charge >= 0.3 is 0 Å². The van der Waals surface area contributed by atoms with E-state index in [2.05, 4.69) is 94.4 Å². The molecule has 0 aliphatic carbocycles. The van der Waals surface area contributed by atoms with Crippen molar-refractivity contribution in [3.05, 3.63) is 106 Å². The average molecular weight is 343 g/mol. The number of hydrogen-bond donors (Lipinski definition) is 0. The normalized spacial score (nSPS) is 12.2. The van der Waals surface area contributed by atoms with Crippen LogP contribution in [0.2, 0.25) is 0 Å². The van der Waals surface area contributed by atoms with Crippen LogP contribution in [0.4, 0.5) is 0 Å². The van der Waals surface area contributed by atoms with Crippen LogP contribution in [0, 0.1) is 20.8 Å². The van der Waals surface area contributed by atoms with Crippen LogP contribution in [0.3, 0.4) is 0 Å². The van der Waals surface area contributed by atoms with Crippen LogP contribution >= 0.6 is 0 Å². The van der Waals surface area contributed by atoms with Gasteiger partial charge in [0.15, 0.2) is 0 Å². The molecule has 0 radical (unpaired) electrons. The lowest BCUT2D eigenvalue weighted by Crippen LogP contribution is -1.99. The van der Waals surface area contributed by atoms with Crippen molar-refractivity contribution in [2.45, 2.75) is 52.9 Å². The summed E-state index contributed by atoms with van der Waals surface area (Å²) in [5, 5.41) is 0. The Balaban J connectivity index is 1.63. The van der Waals surface area contributed by atoms with E-state index in [1.165, 1.54) is 45.4 Å². The van der Waals surface area contributed by atoms with Crippen LogP contribution in [0.25, 0.3) is 0 Å². The molecule has 0 aromatic heterocycles. The quantitative estimate of drug-likeness (QED) is 0.455. The van der Waals surface area contributed by atoms with Gasteiger partial charge in [0.05, 0.1) is 0 Å². The Labute approximate surface area is 158 Å². The summed E-state index contributed by atoms with van der Waals surface area (Å²) in [5.41, 5.74) is 9.82. The van der Waals surface area contributed by atoms with Gasteiger partial charge in [-0.3, -0.25) is 0 Å². The van der Waals surface area contributed by atoms with Crippen LogP contribution in [0.5, 0.6) is 0 Å². The molecular formula is C26H30. The molecule has 0 saturated heterocycles. The Morgan fingerprint density at radius 1 is 0.731 bits per heavy atom. The van der Waals surface area contributed by atoms with Crippen molar-refractivity contribution in [2.75, 3.05) is 0 Å². The van der Waals surface area contributed by atoms with Gasteiger partial charge in [0.2, 0.25) is 0 Å². The predicted molar refractivity (Wildman–Crippen MR) is 113 cm³/mol. The second-order valence-electron chi connectivity index (χ2n) is 7.78. The van der Waals surface area contributed by atoms with Gasteiger partial charge in [-0.1, -0.05) is 84.8 Å². The van der Waals surface area contributed by atoms with Gasteiger partial charge in [-0.05, 0) is 73.8 Å². The molecule has 0 saturated carbocycles. The predicted octanol–water partition coefficient (Wildman–Crippen LogP) is 6.94. The van der Waals surface area contributed by atoms with Gasteiger partial charge in [-0.15, -0.1) is 0 Å². The second kappa shape index (κ2) is 8.36. The smallest absolute Gasteiger partial charge is 0.00256 e. The van der Waals surface area contributed by atoms with E-state index in [1.54, 1.807) is 0 Å². The Morgan fingerprint density at radius 3 is 2.15 bits per heavy atom. The summed E-state index contributed by atoms with van der Waals surface area (Å²) in [6.45, 7) is 8.90. The summed E-state index contributed by atoms with van der Waals surface area (Å²) in [7, 11) is 0. The molecule has 1 atom stereocenters. The fourth-order valence-corrected chi connectivity index (χ4v) is 3.64. The van der Waals surface area contributed by atoms with Crippen molar-refractivity contribution in [3.8, 4) is 0 Å². The van der Waals surface area contributed by atoms with Crippen LogP contribution in [0.1, 0.15) is 58.2 Å². The third-order valence-electron chi connectivity index (χ3n) is 5.39. The molecule has 26 heavy (non-hydrogen) atoms. The number of hydrogen-bond acceptors (Lipinski definition) is 0. The lowest BCUT2D eigenvalue weighted by molar-refractivity contribution is 0.677. The first kappa shape index (κ1) is 18.5. The second-order valence-corrected chi connectivity index (χ2v) is 7.78. The monoisotopic (exact) mass is 342 g/mol. The summed E-state index contributed by atoms with van der Waals surface area (Å²) in [6, 6.07) is 24.8.